The zero-order valence-electron chi connectivity index (χ0n) is 11.0. The van der Waals surface area contributed by atoms with E-state index in [2.05, 4.69) is 0 Å². The molecule has 0 radical (unpaired) electrons. The first-order valence-corrected chi connectivity index (χ1v) is 6.35. The first-order chi connectivity index (χ1) is 9.91. The smallest absolute Gasteiger partial charge is 0.337 e. The van der Waals surface area contributed by atoms with Crippen LogP contribution in [0.1, 0.15) is 20.7 Å². The molecular formula is C15H11ClFNO3. The van der Waals surface area contributed by atoms with Crippen LogP contribution in [-0.4, -0.2) is 24.0 Å². The van der Waals surface area contributed by atoms with Gasteiger partial charge in [0, 0.05) is 12.1 Å². The van der Waals surface area contributed by atoms with Crippen LogP contribution >= 0.6 is 11.6 Å². The highest BCUT2D eigenvalue weighted by atomic mass is 35.5. The van der Waals surface area contributed by atoms with Gasteiger partial charge in [-0.3, -0.25) is 4.79 Å². The highest BCUT2D eigenvalue weighted by molar-refractivity contribution is 6.31. The first kappa shape index (κ1) is 15.0. The molecule has 0 bridgehead atoms. The number of anilines is 1. The predicted octanol–water partition coefficient (Wildman–Crippen LogP) is 3.45. The lowest BCUT2D eigenvalue weighted by Gasteiger charge is -2.19. The molecule has 0 spiro atoms. The predicted molar refractivity (Wildman–Crippen MR) is 77.5 cm³/mol. The van der Waals surface area contributed by atoms with Crippen molar-refractivity contribution in [3.63, 3.8) is 0 Å². The number of aromatic carboxylic acids is 1. The van der Waals surface area contributed by atoms with Gasteiger partial charge in [0.05, 0.1) is 16.8 Å². The average Bonchev–Trinajstić information content (AvgIpc) is 2.48. The van der Waals surface area contributed by atoms with Gasteiger partial charge in [0.1, 0.15) is 5.82 Å². The Labute approximate surface area is 125 Å². The second-order valence-electron chi connectivity index (χ2n) is 4.31. The van der Waals surface area contributed by atoms with Gasteiger partial charge in [-0.25, -0.2) is 9.18 Å². The Hall–Kier alpha value is -2.40. The third kappa shape index (κ3) is 3.03. The third-order valence-electron chi connectivity index (χ3n) is 2.96. The molecule has 0 heterocycles. The molecule has 1 amide bonds. The lowest BCUT2D eigenvalue weighted by molar-refractivity contribution is 0.0697. The van der Waals surface area contributed by atoms with Crippen LogP contribution in [0.2, 0.25) is 5.02 Å². The Morgan fingerprint density at radius 2 is 1.81 bits per heavy atom. The number of amides is 1. The summed E-state index contributed by atoms with van der Waals surface area (Å²) in [4.78, 5) is 24.6. The molecular weight excluding hydrogens is 297 g/mol. The van der Waals surface area contributed by atoms with Crippen LogP contribution in [0.3, 0.4) is 0 Å². The number of halogens is 2. The standard InChI is InChI=1S/C15H11ClFNO3/c1-18(13-5-3-2-4-10(13)15(20)21)14(19)11-8-9(16)6-7-12(11)17/h2-8H,1H3,(H,20,21). The maximum Gasteiger partial charge on any atom is 0.337 e. The van der Waals surface area contributed by atoms with Crippen molar-refractivity contribution in [1.82, 2.24) is 0 Å². The Bertz CT molecular complexity index is 718. The molecule has 0 atom stereocenters. The van der Waals surface area contributed by atoms with E-state index >= 15 is 0 Å². The molecule has 4 nitrogen and oxygen atoms in total. The van der Waals surface area contributed by atoms with Crippen molar-refractivity contribution in [3.05, 3.63) is 64.4 Å². The van der Waals surface area contributed by atoms with E-state index in [9.17, 15) is 14.0 Å². The van der Waals surface area contributed by atoms with E-state index in [1.807, 2.05) is 0 Å². The molecule has 21 heavy (non-hydrogen) atoms. The molecule has 0 saturated heterocycles. The van der Waals surface area contributed by atoms with E-state index in [1.165, 1.54) is 31.3 Å². The van der Waals surface area contributed by atoms with Crippen LogP contribution in [0, 0.1) is 5.82 Å². The normalized spacial score (nSPS) is 10.2. The number of para-hydroxylation sites is 1. The molecule has 2 aromatic rings. The molecule has 0 aliphatic heterocycles. The maximum atomic E-state index is 13.7. The largest absolute Gasteiger partial charge is 0.478 e. The van der Waals surface area contributed by atoms with Crippen molar-refractivity contribution in [3.8, 4) is 0 Å². The minimum absolute atomic E-state index is 0.0456. The van der Waals surface area contributed by atoms with Crippen LogP contribution in [0.5, 0.6) is 0 Å². The molecule has 2 aromatic carbocycles. The van der Waals surface area contributed by atoms with E-state index in [4.69, 9.17) is 16.7 Å². The molecule has 0 unspecified atom stereocenters. The van der Waals surface area contributed by atoms with Gasteiger partial charge in [-0.1, -0.05) is 23.7 Å². The third-order valence-corrected chi connectivity index (χ3v) is 3.19. The number of carboxylic acid groups (broad SMARTS) is 1. The summed E-state index contributed by atoms with van der Waals surface area (Å²) in [6, 6.07) is 9.62. The van der Waals surface area contributed by atoms with Crippen molar-refractivity contribution in [2.24, 2.45) is 0 Å². The summed E-state index contributed by atoms with van der Waals surface area (Å²) in [6.45, 7) is 0. The minimum Gasteiger partial charge on any atom is -0.478 e. The quantitative estimate of drug-likeness (QED) is 0.945. The summed E-state index contributed by atoms with van der Waals surface area (Å²) >= 11 is 5.76. The zero-order valence-corrected chi connectivity index (χ0v) is 11.8. The molecule has 0 aliphatic rings. The Morgan fingerprint density at radius 1 is 1.14 bits per heavy atom. The van der Waals surface area contributed by atoms with Gasteiger partial charge < -0.3 is 10.0 Å². The van der Waals surface area contributed by atoms with Crippen LogP contribution in [0.15, 0.2) is 42.5 Å². The lowest BCUT2D eigenvalue weighted by atomic mass is 10.1. The van der Waals surface area contributed by atoms with Gasteiger partial charge in [0.25, 0.3) is 5.91 Å². The maximum absolute atomic E-state index is 13.7. The van der Waals surface area contributed by atoms with Crippen LogP contribution < -0.4 is 4.90 Å². The summed E-state index contributed by atoms with van der Waals surface area (Å²) in [7, 11) is 1.38. The number of carbonyl (C=O) groups excluding carboxylic acids is 1. The van der Waals surface area contributed by atoms with Crippen LogP contribution in [0.25, 0.3) is 0 Å². The van der Waals surface area contributed by atoms with Gasteiger partial charge in [-0.15, -0.1) is 0 Å². The number of hydrogen-bond donors (Lipinski definition) is 1. The fraction of sp³-hybridized carbons (Fsp3) is 0.0667. The van der Waals surface area contributed by atoms with E-state index < -0.39 is 17.7 Å². The fourth-order valence-electron chi connectivity index (χ4n) is 1.90. The second-order valence-corrected chi connectivity index (χ2v) is 4.75. The number of rotatable bonds is 3. The Kier molecular flexibility index (Phi) is 4.23. The molecule has 1 N–H and O–H groups in total. The molecule has 6 heteroatoms. The van der Waals surface area contributed by atoms with Crippen molar-refractivity contribution < 1.29 is 19.1 Å². The summed E-state index contributed by atoms with van der Waals surface area (Å²) in [5.41, 5.74) is -0.0876. The average molecular weight is 308 g/mol. The molecule has 0 saturated carbocycles. The van der Waals surface area contributed by atoms with Crippen molar-refractivity contribution >= 4 is 29.2 Å². The van der Waals surface area contributed by atoms with Crippen LogP contribution in [-0.2, 0) is 0 Å². The van der Waals surface area contributed by atoms with Crippen molar-refractivity contribution in [2.75, 3.05) is 11.9 Å². The highest BCUT2D eigenvalue weighted by Crippen LogP contribution is 2.23. The summed E-state index contributed by atoms with van der Waals surface area (Å²) in [5.74, 6) is -2.57. The SMILES string of the molecule is CN(C(=O)c1cc(Cl)ccc1F)c1ccccc1C(=O)O. The molecule has 0 aliphatic carbocycles. The minimum atomic E-state index is -1.17. The van der Waals surface area contributed by atoms with Crippen LogP contribution in [0.4, 0.5) is 10.1 Å². The van der Waals surface area contributed by atoms with E-state index in [0.717, 1.165) is 11.0 Å². The van der Waals surface area contributed by atoms with Gasteiger partial charge in [-0.2, -0.15) is 0 Å². The number of carboxylic acids is 1. The molecule has 108 valence electrons. The monoisotopic (exact) mass is 307 g/mol. The van der Waals surface area contributed by atoms with Crippen molar-refractivity contribution in [2.45, 2.75) is 0 Å². The van der Waals surface area contributed by atoms with E-state index in [1.54, 1.807) is 12.1 Å². The molecule has 2 rings (SSSR count). The zero-order chi connectivity index (χ0) is 15.6. The molecule has 0 aromatic heterocycles. The van der Waals surface area contributed by atoms with Gasteiger partial charge in [0.15, 0.2) is 0 Å². The van der Waals surface area contributed by atoms with Crippen molar-refractivity contribution in [1.29, 1.82) is 0 Å². The Balaban J connectivity index is 2.45. The number of benzene rings is 2. The first-order valence-electron chi connectivity index (χ1n) is 5.97. The highest BCUT2D eigenvalue weighted by Gasteiger charge is 2.21. The number of nitrogens with zero attached hydrogens (tertiary/aromatic N) is 1. The van der Waals surface area contributed by atoms with Gasteiger partial charge in [0.2, 0.25) is 0 Å². The number of hydrogen-bond acceptors (Lipinski definition) is 2. The van der Waals surface area contributed by atoms with Gasteiger partial charge >= 0.3 is 5.97 Å². The number of carbonyl (C=O) groups is 2. The topological polar surface area (TPSA) is 57.6 Å². The summed E-state index contributed by atoms with van der Waals surface area (Å²) in [6.07, 6.45) is 0. The second kappa shape index (κ2) is 5.93. The fourth-order valence-corrected chi connectivity index (χ4v) is 2.07. The van der Waals surface area contributed by atoms with Gasteiger partial charge in [-0.05, 0) is 30.3 Å². The molecule has 0 fully saturated rings. The lowest BCUT2D eigenvalue weighted by Crippen LogP contribution is -2.28. The Morgan fingerprint density at radius 3 is 2.48 bits per heavy atom. The van der Waals surface area contributed by atoms with E-state index in [0.29, 0.717) is 0 Å². The van der Waals surface area contributed by atoms with E-state index in [-0.39, 0.29) is 21.8 Å². The summed E-state index contributed by atoms with van der Waals surface area (Å²) < 4.78 is 13.7. The summed E-state index contributed by atoms with van der Waals surface area (Å²) in [5, 5.41) is 9.35.